The second kappa shape index (κ2) is 8.64. The number of aryl methyl sites for hydroxylation is 1. The van der Waals surface area contributed by atoms with E-state index in [1.165, 1.54) is 0 Å². The summed E-state index contributed by atoms with van der Waals surface area (Å²) in [6, 6.07) is 10.0. The van der Waals surface area contributed by atoms with E-state index in [9.17, 15) is 4.79 Å². The number of fused-ring (bicyclic) bond motifs is 1. The van der Waals surface area contributed by atoms with Gasteiger partial charge in [-0.1, -0.05) is 23.9 Å². The van der Waals surface area contributed by atoms with Crippen LogP contribution in [0.1, 0.15) is 30.4 Å². The van der Waals surface area contributed by atoms with Crippen molar-refractivity contribution in [3.05, 3.63) is 59.8 Å². The Kier molecular flexibility index (Phi) is 5.54. The number of benzene rings is 1. The Balaban J connectivity index is 1.18. The second-order valence-corrected chi connectivity index (χ2v) is 8.55. The number of aromatic nitrogens is 3. The molecule has 2 fully saturated rings. The molecule has 0 bridgehead atoms. The number of nitrogens with two attached hydrogens (primary N) is 1. The molecule has 0 radical (unpaired) electrons. The Morgan fingerprint density at radius 3 is 2.75 bits per heavy atom. The summed E-state index contributed by atoms with van der Waals surface area (Å²) in [6.07, 6.45) is 5.10. The summed E-state index contributed by atoms with van der Waals surface area (Å²) in [5.74, 6) is 10.1. The molecule has 2 N–H and O–H groups in total. The molecule has 3 heterocycles. The molecule has 3 atom stereocenters. The quantitative estimate of drug-likeness (QED) is 0.608. The lowest BCUT2D eigenvalue weighted by Crippen LogP contribution is -2.32. The molecule has 1 aromatic carbocycles. The fourth-order valence-corrected chi connectivity index (χ4v) is 4.61. The summed E-state index contributed by atoms with van der Waals surface area (Å²) < 4.78 is 7.64. The van der Waals surface area contributed by atoms with Crippen LogP contribution in [0.4, 0.5) is 0 Å². The Morgan fingerprint density at radius 2 is 2.03 bits per heavy atom. The van der Waals surface area contributed by atoms with Crippen LogP contribution >= 0.6 is 0 Å². The first-order valence-corrected chi connectivity index (χ1v) is 11.2. The third-order valence-electron chi connectivity index (χ3n) is 6.47. The number of hydrogen-bond donors (Lipinski definition) is 1. The summed E-state index contributed by atoms with van der Waals surface area (Å²) in [5, 5.41) is 4.21. The van der Waals surface area contributed by atoms with Gasteiger partial charge in [0.25, 0.3) is 0 Å². The average molecular weight is 430 g/mol. The number of amides is 1. The van der Waals surface area contributed by atoms with Crippen molar-refractivity contribution in [1.82, 2.24) is 19.6 Å². The smallest absolute Gasteiger partial charge is 0.223 e. The topological polar surface area (TPSA) is 90.2 Å². The van der Waals surface area contributed by atoms with Gasteiger partial charge in [-0.25, -0.2) is 4.98 Å². The molecule has 7 heteroatoms. The van der Waals surface area contributed by atoms with Crippen LogP contribution in [0.5, 0.6) is 0 Å². The first-order valence-electron chi connectivity index (χ1n) is 11.2. The Labute approximate surface area is 187 Å². The molecule has 2 aliphatic rings. The zero-order valence-electron chi connectivity index (χ0n) is 18.2. The lowest BCUT2D eigenvalue weighted by molar-refractivity contribution is -0.130. The summed E-state index contributed by atoms with van der Waals surface area (Å²) in [7, 11) is 0. The molecule has 5 rings (SSSR count). The fraction of sp³-hybridized carbons (Fsp3) is 0.400. The zero-order valence-corrected chi connectivity index (χ0v) is 18.2. The van der Waals surface area contributed by atoms with Gasteiger partial charge in [-0.05, 0) is 36.1 Å². The first kappa shape index (κ1) is 20.5. The van der Waals surface area contributed by atoms with Crippen LogP contribution in [0.2, 0.25) is 0 Å². The number of piperidine rings is 1. The zero-order chi connectivity index (χ0) is 22.1. The molecule has 3 aromatic rings. The van der Waals surface area contributed by atoms with E-state index in [1.807, 2.05) is 47.6 Å². The van der Waals surface area contributed by atoms with E-state index < -0.39 is 0 Å². The number of hydrogen-bond acceptors (Lipinski definition) is 5. The van der Waals surface area contributed by atoms with E-state index in [1.54, 1.807) is 0 Å². The van der Waals surface area contributed by atoms with Crippen LogP contribution < -0.4 is 5.73 Å². The van der Waals surface area contributed by atoms with E-state index in [0.717, 1.165) is 47.9 Å². The van der Waals surface area contributed by atoms with Crippen molar-refractivity contribution in [2.45, 2.75) is 26.3 Å². The molecule has 1 amide bonds. The third-order valence-corrected chi connectivity index (χ3v) is 6.47. The van der Waals surface area contributed by atoms with Crippen LogP contribution in [0, 0.1) is 29.6 Å². The highest BCUT2D eigenvalue weighted by atomic mass is 16.5. The molecule has 7 nitrogen and oxygen atoms in total. The van der Waals surface area contributed by atoms with Crippen molar-refractivity contribution in [2.24, 2.45) is 23.5 Å². The molecular weight excluding hydrogens is 402 g/mol. The minimum absolute atomic E-state index is 0.174. The minimum atomic E-state index is 0.174. The van der Waals surface area contributed by atoms with Crippen molar-refractivity contribution in [1.29, 1.82) is 0 Å². The lowest BCUT2D eigenvalue weighted by atomic mass is 10.1. The highest BCUT2D eigenvalue weighted by Gasteiger charge is 2.55. The number of carbonyl (C=O) groups is 1. The van der Waals surface area contributed by atoms with Gasteiger partial charge in [0.05, 0.1) is 6.54 Å². The van der Waals surface area contributed by atoms with Gasteiger partial charge in [-0.2, -0.15) is 0 Å². The molecule has 0 unspecified atom stereocenters. The van der Waals surface area contributed by atoms with Gasteiger partial charge in [0.15, 0.2) is 5.76 Å². The molecule has 164 valence electrons. The molecule has 1 aliphatic carbocycles. The molecule has 32 heavy (non-hydrogen) atoms. The normalized spacial score (nSPS) is 21.2. The predicted octanol–water partition coefficient (Wildman–Crippen LogP) is 2.55. The van der Waals surface area contributed by atoms with E-state index in [4.69, 9.17) is 10.3 Å². The predicted molar refractivity (Wildman–Crippen MR) is 120 cm³/mol. The summed E-state index contributed by atoms with van der Waals surface area (Å²) in [4.78, 5) is 18.2. The average Bonchev–Trinajstić information content (AvgIpc) is 3.29. The number of rotatable bonds is 6. The van der Waals surface area contributed by atoms with Crippen LogP contribution in [0.3, 0.4) is 0 Å². The lowest BCUT2D eigenvalue weighted by Gasteiger charge is -2.18. The summed E-state index contributed by atoms with van der Waals surface area (Å²) in [6.45, 7) is 4.81. The van der Waals surface area contributed by atoms with Crippen LogP contribution in [-0.4, -0.2) is 45.1 Å². The van der Waals surface area contributed by atoms with Gasteiger partial charge in [-0.15, -0.1) is 0 Å². The van der Waals surface area contributed by atoms with Gasteiger partial charge in [0.2, 0.25) is 5.91 Å². The SMILES string of the molecule is CCc1nccn1Cc1cc(-c2ccc(C#C[C@@H]3[C@H]4CN(C(=O)CCN)C[C@@H]34)cc2)on1. The van der Waals surface area contributed by atoms with Crippen molar-refractivity contribution in [2.75, 3.05) is 19.6 Å². The molecule has 1 saturated heterocycles. The summed E-state index contributed by atoms with van der Waals surface area (Å²) in [5.41, 5.74) is 8.32. The standard InChI is InChI=1S/C25H27N5O2/c1-2-24-27-11-12-29(24)14-19-13-23(32-28-19)18-6-3-17(4-7-18)5-8-20-21-15-30(16-22(20)21)25(31)9-10-26/h3-4,6-7,11-13,20-22H,2,9-10,14-16,26H2,1H3/t20-,21-,22+. The minimum Gasteiger partial charge on any atom is -0.356 e. The van der Waals surface area contributed by atoms with Gasteiger partial charge >= 0.3 is 0 Å². The van der Waals surface area contributed by atoms with Gasteiger partial charge in [-0.3, -0.25) is 4.79 Å². The van der Waals surface area contributed by atoms with E-state index in [0.29, 0.717) is 37.3 Å². The molecular formula is C25H27N5O2. The van der Waals surface area contributed by atoms with Crippen molar-refractivity contribution >= 4 is 5.91 Å². The summed E-state index contributed by atoms with van der Waals surface area (Å²) >= 11 is 0. The Hall–Kier alpha value is -3.37. The number of imidazole rings is 1. The molecule has 0 spiro atoms. The van der Waals surface area contributed by atoms with Crippen molar-refractivity contribution in [3.8, 4) is 23.2 Å². The largest absolute Gasteiger partial charge is 0.356 e. The number of nitrogens with zero attached hydrogens (tertiary/aromatic N) is 4. The Morgan fingerprint density at radius 1 is 1.25 bits per heavy atom. The van der Waals surface area contributed by atoms with Crippen LogP contribution in [-0.2, 0) is 17.8 Å². The molecule has 1 saturated carbocycles. The fourth-order valence-electron chi connectivity index (χ4n) is 4.61. The maximum atomic E-state index is 11.9. The van der Waals surface area contributed by atoms with Crippen LogP contribution in [0.25, 0.3) is 11.3 Å². The molecule has 2 aromatic heterocycles. The number of likely N-dealkylation sites (tertiary alicyclic amines) is 1. The van der Waals surface area contributed by atoms with Crippen LogP contribution in [0.15, 0.2) is 47.2 Å². The van der Waals surface area contributed by atoms with Gasteiger partial charge < -0.3 is 19.7 Å². The molecule has 1 aliphatic heterocycles. The van der Waals surface area contributed by atoms with Gasteiger partial charge in [0.1, 0.15) is 11.5 Å². The second-order valence-electron chi connectivity index (χ2n) is 8.55. The van der Waals surface area contributed by atoms with E-state index in [2.05, 4.69) is 33.5 Å². The van der Waals surface area contributed by atoms with Crippen molar-refractivity contribution in [3.63, 3.8) is 0 Å². The monoisotopic (exact) mass is 429 g/mol. The van der Waals surface area contributed by atoms with E-state index >= 15 is 0 Å². The van der Waals surface area contributed by atoms with E-state index in [-0.39, 0.29) is 5.91 Å². The third kappa shape index (κ3) is 4.06. The highest BCUT2D eigenvalue weighted by Crippen LogP contribution is 2.51. The Bertz CT molecular complexity index is 1150. The maximum Gasteiger partial charge on any atom is 0.223 e. The number of carbonyl (C=O) groups excluding carboxylic acids is 1. The maximum absolute atomic E-state index is 11.9. The van der Waals surface area contributed by atoms with Gasteiger partial charge in [0, 0.05) is 68.0 Å². The first-order chi connectivity index (χ1) is 15.7. The highest BCUT2D eigenvalue weighted by molar-refractivity contribution is 5.77. The van der Waals surface area contributed by atoms with Crippen molar-refractivity contribution < 1.29 is 9.32 Å².